The second-order valence-electron chi connectivity index (χ2n) is 4.69. The number of nitrogens with two attached hydrogens (primary N) is 1. The predicted molar refractivity (Wildman–Crippen MR) is 84.6 cm³/mol. The number of anilines is 2. The molecule has 6 nitrogen and oxygen atoms in total. The van der Waals surface area contributed by atoms with Crippen molar-refractivity contribution >= 4 is 11.8 Å². The normalized spacial score (nSPS) is 18.4. The minimum absolute atomic E-state index is 0.277. The van der Waals surface area contributed by atoms with Crippen LogP contribution in [-0.2, 0) is 4.74 Å². The second-order valence-corrected chi connectivity index (χ2v) is 4.69. The van der Waals surface area contributed by atoms with Gasteiger partial charge in [0.25, 0.3) is 0 Å². The third kappa shape index (κ3) is 3.82. The first-order chi connectivity index (χ1) is 10.3. The molecule has 0 aliphatic carbocycles. The van der Waals surface area contributed by atoms with Crippen molar-refractivity contribution in [3.8, 4) is 0 Å². The quantitative estimate of drug-likeness (QED) is 0.346. The third-order valence-corrected chi connectivity index (χ3v) is 3.37. The number of hydrogen-bond donors (Lipinski definition) is 2. The highest BCUT2D eigenvalue weighted by Crippen LogP contribution is 2.24. The lowest BCUT2D eigenvalue weighted by molar-refractivity contribution is 0.204. The summed E-state index contributed by atoms with van der Waals surface area (Å²) in [6, 6.07) is 2.16. The number of ether oxygens (including phenoxy) is 1. The highest BCUT2D eigenvalue weighted by molar-refractivity contribution is 5.44. The number of nitrogens with zero attached hydrogens (tertiary/aromatic N) is 3. The maximum absolute atomic E-state index is 5.77. The molecule has 3 N–H and O–H groups in total. The van der Waals surface area contributed by atoms with Gasteiger partial charge in [-0.15, -0.1) is 0 Å². The van der Waals surface area contributed by atoms with E-state index >= 15 is 0 Å². The van der Waals surface area contributed by atoms with Gasteiger partial charge in [-0.3, -0.25) is 5.43 Å². The van der Waals surface area contributed by atoms with Crippen LogP contribution in [0.5, 0.6) is 0 Å². The zero-order valence-electron chi connectivity index (χ0n) is 12.0. The van der Waals surface area contributed by atoms with Crippen molar-refractivity contribution in [2.75, 3.05) is 23.5 Å². The Morgan fingerprint density at radius 2 is 2.43 bits per heavy atom. The molecule has 1 aliphatic heterocycles. The van der Waals surface area contributed by atoms with Crippen molar-refractivity contribution in [2.45, 2.75) is 18.9 Å². The number of hydrazine groups is 1. The van der Waals surface area contributed by atoms with Crippen LogP contribution < -0.4 is 16.2 Å². The molecule has 21 heavy (non-hydrogen) atoms. The summed E-state index contributed by atoms with van der Waals surface area (Å²) >= 11 is 0. The van der Waals surface area contributed by atoms with E-state index in [4.69, 9.17) is 10.6 Å². The van der Waals surface area contributed by atoms with Gasteiger partial charge in [-0.05, 0) is 31.1 Å². The average Bonchev–Trinajstić information content (AvgIpc) is 3.00. The molecule has 1 aromatic rings. The van der Waals surface area contributed by atoms with Gasteiger partial charge in [0.15, 0.2) is 0 Å². The van der Waals surface area contributed by atoms with Gasteiger partial charge in [-0.2, -0.15) is 4.98 Å². The molecule has 0 aromatic carbocycles. The molecule has 0 spiro atoms. The fourth-order valence-electron chi connectivity index (χ4n) is 2.37. The molecule has 2 heterocycles. The second kappa shape index (κ2) is 7.44. The number of nitrogen functional groups attached to an aromatic ring is 1. The van der Waals surface area contributed by atoms with Gasteiger partial charge < -0.3 is 9.64 Å². The van der Waals surface area contributed by atoms with E-state index in [0.717, 1.165) is 31.0 Å². The summed E-state index contributed by atoms with van der Waals surface area (Å²) in [6.45, 7) is 8.92. The third-order valence-electron chi connectivity index (χ3n) is 3.37. The lowest BCUT2D eigenvalue weighted by Gasteiger charge is -2.26. The van der Waals surface area contributed by atoms with Gasteiger partial charge in [0.1, 0.15) is 18.2 Å². The van der Waals surface area contributed by atoms with Crippen LogP contribution in [0.2, 0.25) is 0 Å². The lowest BCUT2D eigenvalue weighted by Crippen LogP contribution is -2.33. The summed E-state index contributed by atoms with van der Waals surface area (Å²) in [5.41, 5.74) is 2.47. The Hall–Kier alpha value is -2.34. The van der Waals surface area contributed by atoms with Crippen molar-refractivity contribution in [1.82, 2.24) is 9.97 Å². The maximum atomic E-state index is 5.77. The molecule has 0 radical (unpaired) electrons. The summed E-state index contributed by atoms with van der Waals surface area (Å²) < 4.78 is 5.77. The molecule has 112 valence electrons. The van der Waals surface area contributed by atoms with Crippen LogP contribution in [0.15, 0.2) is 49.4 Å². The fraction of sp³-hybridized carbons (Fsp3) is 0.333. The Labute approximate surface area is 125 Å². The molecule has 1 aliphatic rings. The standard InChI is InChI=1S/C15H21N5O/c1-3-6-13(4-2)21-11-12-7-5-10-20(12)14-8-9-17-15(18-14)19-16/h3-4,6,8-9,12H,1-2,5,7,10-11,16H2,(H,17,18,19)/b13-6+/t12-/m1/s1. The molecule has 0 amide bonds. The number of rotatable bonds is 7. The maximum Gasteiger partial charge on any atom is 0.239 e. The van der Waals surface area contributed by atoms with Gasteiger partial charge >= 0.3 is 0 Å². The minimum atomic E-state index is 0.277. The average molecular weight is 287 g/mol. The lowest BCUT2D eigenvalue weighted by atomic mass is 10.2. The monoisotopic (exact) mass is 287 g/mol. The van der Waals surface area contributed by atoms with Crippen LogP contribution in [0.3, 0.4) is 0 Å². The Morgan fingerprint density at radius 3 is 3.14 bits per heavy atom. The van der Waals surface area contributed by atoms with E-state index < -0.39 is 0 Å². The molecule has 6 heteroatoms. The van der Waals surface area contributed by atoms with E-state index in [1.54, 1.807) is 24.4 Å². The molecule has 0 bridgehead atoms. The van der Waals surface area contributed by atoms with Crippen molar-refractivity contribution in [3.63, 3.8) is 0 Å². The smallest absolute Gasteiger partial charge is 0.239 e. The summed E-state index contributed by atoms with van der Waals surface area (Å²) in [5, 5.41) is 0. The van der Waals surface area contributed by atoms with Crippen molar-refractivity contribution in [2.24, 2.45) is 5.84 Å². The zero-order chi connectivity index (χ0) is 15.1. The number of aromatic nitrogens is 2. The van der Waals surface area contributed by atoms with Crippen LogP contribution >= 0.6 is 0 Å². The van der Waals surface area contributed by atoms with Gasteiger partial charge in [-0.1, -0.05) is 19.2 Å². The zero-order valence-corrected chi connectivity index (χ0v) is 12.0. The van der Waals surface area contributed by atoms with Gasteiger partial charge in [-0.25, -0.2) is 10.8 Å². The van der Waals surface area contributed by atoms with Crippen LogP contribution in [0, 0.1) is 0 Å². The highest BCUT2D eigenvalue weighted by atomic mass is 16.5. The summed E-state index contributed by atoms with van der Waals surface area (Å²) in [6.07, 6.45) is 9.04. The summed E-state index contributed by atoms with van der Waals surface area (Å²) in [5.74, 6) is 7.35. The fourth-order valence-corrected chi connectivity index (χ4v) is 2.37. The number of hydrogen-bond acceptors (Lipinski definition) is 6. The molecule has 0 saturated carbocycles. The first-order valence-electron chi connectivity index (χ1n) is 6.92. The highest BCUT2D eigenvalue weighted by Gasteiger charge is 2.26. The predicted octanol–water partition coefficient (Wildman–Crippen LogP) is 2.00. The number of allylic oxidation sites excluding steroid dienone is 3. The van der Waals surface area contributed by atoms with E-state index in [-0.39, 0.29) is 6.04 Å². The van der Waals surface area contributed by atoms with Crippen LogP contribution in [0.4, 0.5) is 11.8 Å². The van der Waals surface area contributed by atoms with E-state index in [9.17, 15) is 0 Å². The minimum Gasteiger partial charge on any atom is -0.491 e. The van der Waals surface area contributed by atoms with Crippen LogP contribution in [0.25, 0.3) is 0 Å². The van der Waals surface area contributed by atoms with Crippen molar-refractivity contribution in [1.29, 1.82) is 0 Å². The van der Waals surface area contributed by atoms with Crippen LogP contribution in [-0.4, -0.2) is 29.2 Å². The Balaban J connectivity index is 2.04. The van der Waals surface area contributed by atoms with Crippen molar-refractivity contribution < 1.29 is 4.74 Å². The van der Waals surface area contributed by atoms with E-state index in [0.29, 0.717) is 12.6 Å². The topological polar surface area (TPSA) is 76.3 Å². The molecular formula is C15H21N5O. The van der Waals surface area contributed by atoms with E-state index in [1.165, 1.54) is 0 Å². The molecule has 2 rings (SSSR count). The van der Waals surface area contributed by atoms with E-state index in [2.05, 4.69) is 33.5 Å². The molecule has 1 fully saturated rings. The molecule has 1 aromatic heterocycles. The molecule has 1 saturated heterocycles. The molecular weight excluding hydrogens is 266 g/mol. The first-order valence-corrected chi connectivity index (χ1v) is 6.92. The number of nitrogens with one attached hydrogen (secondary N) is 1. The van der Waals surface area contributed by atoms with Gasteiger partial charge in [0, 0.05) is 12.7 Å². The summed E-state index contributed by atoms with van der Waals surface area (Å²) in [4.78, 5) is 10.6. The molecule has 1 atom stereocenters. The largest absolute Gasteiger partial charge is 0.491 e. The molecule has 0 unspecified atom stereocenters. The Kier molecular flexibility index (Phi) is 5.34. The van der Waals surface area contributed by atoms with Gasteiger partial charge in [0.2, 0.25) is 5.95 Å². The summed E-state index contributed by atoms with van der Waals surface area (Å²) in [7, 11) is 0. The Morgan fingerprint density at radius 1 is 1.57 bits per heavy atom. The van der Waals surface area contributed by atoms with Crippen LogP contribution in [0.1, 0.15) is 12.8 Å². The van der Waals surface area contributed by atoms with Gasteiger partial charge in [0.05, 0.1) is 6.04 Å². The van der Waals surface area contributed by atoms with Crippen molar-refractivity contribution in [3.05, 3.63) is 49.4 Å². The van der Waals surface area contributed by atoms with E-state index in [1.807, 2.05) is 6.07 Å². The SMILES string of the molecule is C=C/C=C(\C=C)OC[C@H]1CCCN1c1ccnc(NN)n1. The Bertz CT molecular complexity index is 529. The first kappa shape index (κ1) is 15.1.